The summed E-state index contributed by atoms with van der Waals surface area (Å²) in [4.78, 5) is 0. The highest BCUT2D eigenvalue weighted by Gasteiger charge is 2.42. The van der Waals surface area contributed by atoms with Crippen molar-refractivity contribution in [3.8, 4) is 0 Å². The maximum atomic E-state index is 5.85. The van der Waals surface area contributed by atoms with Gasteiger partial charge in [0.2, 0.25) is 0 Å². The molecule has 2 aliphatic heterocycles. The van der Waals surface area contributed by atoms with E-state index in [9.17, 15) is 0 Å². The van der Waals surface area contributed by atoms with Crippen molar-refractivity contribution in [1.82, 2.24) is 5.01 Å². The van der Waals surface area contributed by atoms with Gasteiger partial charge in [0.25, 0.3) is 0 Å². The highest BCUT2D eigenvalue weighted by Crippen LogP contribution is 2.35. The third-order valence-corrected chi connectivity index (χ3v) is 3.14. The quantitative estimate of drug-likeness (QED) is 0.549. The molecule has 0 aromatic carbocycles. The molecule has 12 heavy (non-hydrogen) atoms. The third kappa shape index (κ3) is 1.37. The van der Waals surface area contributed by atoms with Gasteiger partial charge in [-0.2, -0.15) is 0 Å². The van der Waals surface area contributed by atoms with E-state index in [4.69, 9.17) is 10.6 Å². The lowest BCUT2D eigenvalue weighted by atomic mass is 9.91. The molecule has 2 atom stereocenters. The average Bonchev–Trinajstić information content (AvgIpc) is 2.29. The van der Waals surface area contributed by atoms with Crippen LogP contribution in [-0.4, -0.2) is 29.8 Å². The monoisotopic (exact) mass is 170 g/mol. The second-order valence-electron chi connectivity index (χ2n) is 4.21. The first-order valence-corrected chi connectivity index (χ1v) is 4.87. The van der Waals surface area contributed by atoms with Crippen molar-refractivity contribution in [2.75, 3.05) is 13.2 Å². The third-order valence-electron chi connectivity index (χ3n) is 3.14. The largest absolute Gasteiger partial charge is 0.374 e. The molecular formula is C9H18N2O. The van der Waals surface area contributed by atoms with Crippen LogP contribution in [0.4, 0.5) is 0 Å². The highest BCUT2D eigenvalue weighted by molar-refractivity contribution is 4.95. The standard InChI is InChI=1S/C9H18N2O/c1-8-6-9(7-11(8)10)4-2-3-5-12-9/h8H,2-7,10H2,1H3. The van der Waals surface area contributed by atoms with E-state index in [2.05, 4.69) is 6.92 Å². The van der Waals surface area contributed by atoms with E-state index in [-0.39, 0.29) is 5.60 Å². The van der Waals surface area contributed by atoms with Gasteiger partial charge in [-0.3, -0.25) is 5.84 Å². The van der Waals surface area contributed by atoms with Crippen LogP contribution in [0.3, 0.4) is 0 Å². The molecule has 2 heterocycles. The molecule has 2 N–H and O–H groups in total. The van der Waals surface area contributed by atoms with Crippen LogP contribution in [0.5, 0.6) is 0 Å². The first-order valence-electron chi connectivity index (χ1n) is 4.87. The zero-order chi connectivity index (χ0) is 8.60. The van der Waals surface area contributed by atoms with Crippen LogP contribution in [0.2, 0.25) is 0 Å². The van der Waals surface area contributed by atoms with E-state index in [0.29, 0.717) is 6.04 Å². The lowest BCUT2D eigenvalue weighted by Crippen LogP contribution is -2.41. The summed E-state index contributed by atoms with van der Waals surface area (Å²) in [6, 6.07) is 0.489. The van der Waals surface area contributed by atoms with E-state index in [1.54, 1.807) is 0 Å². The Bertz CT molecular complexity index is 154. The number of rotatable bonds is 0. The van der Waals surface area contributed by atoms with Crippen molar-refractivity contribution >= 4 is 0 Å². The lowest BCUT2D eigenvalue weighted by Gasteiger charge is -2.33. The Hall–Kier alpha value is -0.120. The maximum Gasteiger partial charge on any atom is 0.0838 e. The Morgan fingerprint density at radius 2 is 2.33 bits per heavy atom. The highest BCUT2D eigenvalue weighted by atomic mass is 16.5. The van der Waals surface area contributed by atoms with Gasteiger partial charge in [0.1, 0.15) is 0 Å². The average molecular weight is 170 g/mol. The van der Waals surface area contributed by atoms with Gasteiger partial charge in [-0.15, -0.1) is 0 Å². The molecule has 2 rings (SSSR count). The Labute approximate surface area is 73.8 Å². The Morgan fingerprint density at radius 3 is 2.83 bits per heavy atom. The predicted octanol–water partition coefficient (Wildman–Crippen LogP) is 0.894. The van der Waals surface area contributed by atoms with Crippen molar-refractivity contribution in [2.24, 2.45) is 5.84 Å². The first-order chi connectivity index (χ1) is 5.72. The molecule has 0 bridgehead atoms. The second kappa shape index (κ2) is 2.98. The zero-order valence-corrected chi connectivity index (χ0v) is 7.75. The van der Waals surface area contributed by atoms with Crippen LogP contribution < -0.4 is 5.84 Å². The molecule has 0 aromatic rings. The molecule has 2 fully saturated rings. The van der Waals surface area contributed by atoms with Gasteiger partial charge in [-0.1, -0.05) is 0 Å². The Kier molecular flexibility index (Phi) is 2.10. The van der Waals surface area contributed by atoms with E-state index in [0.717, 1.165) is 19.6 Å². The van der Waals surface area contributed by atoms with Gasteiger partial charge < -0.3 is 4.74 Å². The molecule has 2 aliphatic rings. The zero-order valence-electron chi connectivity index (χ0n) is 7.75. The number of hydrogen-bond acceptors (Lipinski definition) is 3. The van der Waals surface area contributed by atoms with Crippen molar-refractivity contribution in [3.63, 3.8) is 0 Å². The molecule has 1 spiro atoms. The number of hydrazine groups is 1. The summed E-state index contributed by atoms with van der Waals surface area (Å²) < 4.78 is 5.85. The molecule has 2 saturated heterocycles. The SMILES string of the molecule is CC1CC2(CCCCO2)CN1N. The molecule has 0 aromatic heterocycles. The maximum absolute atomic E-state index is 5.85. The normalized spacial score (nSPS) is 44.0. The van der Waals surface area contributed by atoms with Crippen LogP contribution in [-0.2, 0) is 4.74 Å². The summed E-state index contributed by atoms with van der Waals surface area (Å²) in [7, 11) is 0. The van der Waals surface area contributed by atoms with Gasteiger partial charge in [-0.25, -0.2) is 5.01 Å². The molecular weight excluding hydrogens is 152 g/mol. The van der Waals surface area contributed by atoms with Gasteiger partial charge in [0.15, 0.2) is 0 Å². The predicted molar refractivity (Wildman–Crippen MR) is 47.5 cm³/mol. The van der Waals surface area contributed by atoms with E-state index < -0.39 is 0 Å². The molecule has 2 unspecified atom stereocenters. The van der Waals surface area contributed by atoms with Crippen molar-refractivity contribution in [2.45, 2.75) is 44.2 Å². The fourth-order valence-corrected chi connectivity index (χ4v) is 2.40. The minimum Gasteiger partial charge on any atom is -0.374 e. The van der Waals surface area contributed by atoms with E-state index in [1.165, 1.54) is 19.3 Å². The van der Waals surface area contributed by atoms with Crippen molar-refractivity contribution in [3.05, 3.63) is 0 Å². The summed E-state index contributed by atoms with van der Waals surface area (Å²) in [5.74, 6) is 5.84. The lowest BCUT2D eigenvalue weighted by molar-refractivity contribution is -0.0698. The number of nitrogens with zero attached hydrogens (tertiary/aromatic N) is 1. The molecule has 0 radical (unpaired) electrons. The van der Waals surface area contributed by atoms with Crippen LogP contribution in [0.25, 0.3) is 0 Å². The van der Waals surface area contributed by atoms with Gasteiger partial charge >= 0.3 is 0 Å². The van der Waals surface area contributed by atoms with Gasteiger partial charge in [0, 0.05) is 19.2 Å². The second-order valence-corrected chi connectivity index (χ2v) is 4.21. The number of ether oxygens (including phenoxy) is 1. The fourth-order valence-electron chi connectivity index (χ4n) is 2.40. The topological polar surface area (TPSA) is 38.5 Å². The number of nitrogens with two attached hydrogens (primary N) is 1. The first kappa shape index (κ1) is 8.48. The summed E-state index contributed by atoms with van der Waals surface area (Å²) in [6.07, 6.45) is 4.84. The fraction of sp³-hybridized carbons (Fsp3) is 1.00. The smallest absolute Gasteiger partial charge is 0.0838 e. The summed E-state index contributed by atoms with van der Waals surface area (Å²) >= 11 is 0. The number of hydrogen-bond donors (Lipinski definition) is 1. The molecule has 3 nitrogen and oxygen atoms in total. The molecule has 0 saturated carbocycles. The van der Waals surface area contributed by atoms with Crippen LogP contribution in [0, 0.1) is 0 Å². The van der Waals surface area contributed by atoms with Crippen LogP contribution in [0.1, 0.15) is 32.6 Å². The van der Waals surface area contributed by atoms with Crippen LogP contribution >= 0.6 is 0 Å². The Balaban J connectivity index is 2.02. The molecule has 3 heteroatoms. The van der Waals surface area contributed by atoms with Crippen molar-refractivity contribution in [1.29, 1.82) is 0 Å². The van der Waals surface area contributed by atoms with Crippen LogP contribution in [0.15, 0.2) is 0 Å². The summed E-state index contributed by atoms with van der Waals surface area (Å²) in [5, 5.41) is 1.92. The summed E-state index contributed by atoms with van der Waals surface area (Å²) in [6.45, 7) is 4.03. The van der Waals surface area contributed by atoms with E-state index in [1.807, 2.05) is 5.01 Å². The Morgan fingerprint density at radius 1 is 1.50 bits per heavy atom. The van der Waals surface area contributed by atoms with Gasteiger partial charge in [0.05, 0.1) is 5.60 Å². The minimum absolute atomic E-state index is 0.117. The van der Waals surface area contributed by atoms with Crippen molar-refractivity contribution < 1.29 is 4.74 Å². The molecule has 0 amide bonds. The van der Waals surface area contributed by atoms with Gasteiger partial charge in [-0.05, 0) is 32.6 Å². The van der Waals surface area contributed by atoms with E-state index >= 15 is 0 Å². The molecule has 0 aliphatic carbocycles. The molecule has 70 valence electrons. The minimum atomic E-state index is 0.117. The summed E-state index contributed by atoms with van der Waals surface area (Å²) in [5.41, 5.74) is 0.117.